The van der Waals surface area contributed by atoms with Crippen molar-refractivity contribution in [3.8, 4) is 0 Å². The van der Waals surface area contributed by atoms with Crippen LogP contribution < -0.4 is 11.3 Å². The van der Waals surface area contributed by atoms with E-state index in [4.69, 9.17) is 5.73 Å². The molecule has 2 aromatic rings. The van der Waals surface area contributed by atoms with Crippen molar-refractivity contribution in [2.24, 2.45) is 5.73 Å². The van der Waals surface area contributed by atoms with Crippen molar-refractivity contribution in [1.29, 1.82) is 0 Å². The number of para-hydroxylation sites is 2. The van der Waals surface area contributed by atoms with E-state index < -0.39 is 0 Å². The van der Waals surface area contributed by atoms with Crippen molar-refractivity contribution in [1.82, 2.24) is 14.9 Å². The summed E-state index contributed by atoms with van der Waals surface area (Å²) in [6.45, 7) is 2.48. The molecule has 1 aliphatic heterocycles. The molecule has 2 heterocycles. The van der Waals surface area contributed by atoms with Gasteiger partial charge in [0.15, 0.2) is 0 Å². The summed E-state index contributed by atoms with van der Waals surface area (Å²) in [5, 5.41) is 0. The number of nitrogens with two attached hydrogens (primary N) is 1. The lowest BCUT2D eigenvalue weighted by atomic mass is 10.1. The van der Waals surface area contributed by atoms with Crippen molar-refractivity contribution in [3.05, 3.63) is 40.3 Å². The summed E-state index contributed by atoms with van der Waals surface area (Å²) in [4.78, 5) is 21.6. The number of piperidine rings is 1. The maximum atomic E-state index is 12.0. The van der Waals surface area contributed by atoms with Crippen LogP contribution in [-0.2, 0) is 6.54 Å². The molecule has 19 heavy (non-hydrogen) atoms. The SMILES string of the molecule is NC1CCN(Cc2nc3ccccc3[nH]c2=O)CC1. The summed E-state index contributed by atoms with van der Waals surface area (Å²) in [7, 11) is 0. The second kappa shape index (κ2) is 5.11. The monoisotopic (exact) mass is 258 g/mol. The minimum absolute atomic E-state index is 0.0893. The Morgan fingerprint density at radius 2 is 2.05 bits per heavy atom. The molecule has 0 unspecified atom stereocenters. The van der Waals surface area contributed by atoms with Gasteiger partial charge in [-0.2, -0.15) is 0 Å². The van der Waals surface area contributed by atoms with Crippen LogP contribution in [0.15, 0.2) is 29.1 Å². The Labute approximate surface area is 111 Å². The molecule has 5 heteroatoms. The number of rotatable bonds is 2. The van der Waals surface area contributed by atoms with Crippen molar-refractivity contribution in [2.45, 2.75) is 25.4 Å². The summed E-state index contributed by atoms with van der Waals surface area (Å²) in [6.07, 6.45) is 1.98. The van der Waals surface area contributed by atoms with Crippen LogP contribution in [-0.4, -0.2) is 34.0 Å². The Bertz CT molecular complexity index is 629. The Morgan fingerprint density at radius 3 is 2.84 bits per heavy atom. The summed E-state index contributed by atoms with van der Waals surface area (Å²) < 4.78 is 0. The van der Waals surface area contributed by atoms with Crippen molar-refractivity contribution in [3.63, 3.8) is 0 Å². The van der Waals surface area contributed by atoms with Gasteiger partial charge in [0.1, 0.15) is 5.69 Å². The molecule has 1 aromatic heterocycles. The van der Waals surface area contributed by atoms with E-state index in [9.17, 15) is 4.79 Å². The fourth-order valence-corrected chi connectivity index (χ4v) is 2.50. The van der Waals surface area contributed by atoms with Gasteiger partial charge in [0.05, 0.1) is 11.0 Å². The zero-order chi connectivity index (χ0) is 13.2. The average molecular weight is 258 g/mol. The van der Waals surface area contributed by atoms with Crippen LogP contribution in [0.5, 0.6) is 0 Å². The van der Waals surface area contributed by atoms with Crippen molar-refractivity contribution in [2.75, 3.05) is 13.1 Å². The van der Waals surface area contributed by atoms with E-state index in [0.717, 1.165) is 37.0 Å². The number of fused-ring (bicyclic) bond motifs is 1. The summed E-state index contributed by atoms with van der Waals surface area (Å²) in [6, 6.07) is 7.91. The normalized spacial score (nSPS) is 17.9. The second-order valence-corrected chi connectivity index (χ2v) is 5.14. The van der Waals surface area contributed by atoms with Crippen LogP contribution >= 0.6 is 0 Å². The summed E-state index contributed by atoms with van der Waals surface area (Å²) in [5.41, 5.74) is 8.01. The van der Waals surface area contributed by atoms with Crippen LogP contribution in [0, 0.1) is 0 Å². The van der Waals surface area contributed by atoms with E-state index in [1.807, 2.05) is 24.3 Å². The number of aromatic amines is 1. The van der Waals surface area contributed by atoms with Gasteiger partial charge in [0.25, 0.3) is 5.56 Å². The zero-order valence-corrected chi connectivity index (χ0v) is 10.8. The predicted molar refractivity (Wildman–Crippen MR) is 74.9 cm³/mol. The third-order valence-electron chi connectivity index (χ3n) is 3.68. The standard InChI is InChI=1S/C14H18N4O/c15-10-5-7-18(8-6-10)9-13-14(19)17-12-4-2-1-3-11(12)16-13/h1-4,10H,5-9,15H2,(H,17,19). The molecule has 0 radical (unpaired) electrons. The topological polar surface area (TPSA) is 75.0 Å². The van der Waals surface area contributed by atoms with Crippen molar-refractivity contribution >= 4 is 11.0 Å². The molecule has 0 amide bonds. The molecule has 0 spiro atoms. The van der Waals surface area contributed by atoms with Gasteiger partial charge in [-0.15, -0.1) is 0 Å². The van der Waals surface area contributed by atoms with Gasteiger partial charge in [-0.1, -0.05) is 12.1 Å². The highest BCUT2D eigenvalue weighted by molar-refractivity contribution is 5.73. The van der Waals surface area contributed by atoms with E-state index >= 15 is 0 Å². The summed E-state index contributed by atoms with van der Waals surface area (Å²) >= 11 is 0. The Balaban J connectivity index is 1.84. The number of hydrogen-bond acceptors (Lipinski definition) is 4. The van der Waals surface area contributed by atoms with Crippen molar-refractivity contribution < 1.29 is 0 Å². The number of nitrogens with zero attached hydrogens (tertiary/aromatic N) is 2. The van der Waals surface area contributed by atoms with Gasteiger partial charge >= 0.3 is 0 Å². The van der Waals surface area contributed by atoms with Crippen LogP contribution in [0.2, 0.25) is 0 Å². The molecule has 0 bridgehead atoms. The first kappa shape index (κ1) is 12.3. The molecular weight excluding hydrogens is 240 g/mol. The first-order valence-corrected chi connectivity index (χ1v) is 6.68. The van der Waals surface area contributed by atoms with Gasteiger partial charge in [-0.3, -0.25) is 9.69 Å². The third kappa shape index (κ3) is 2.67. The van der Waals surface area contributed by atoms with Gasteiger partial charge in [0, 0.05) is 25.7 Å². The van der Waals surface area contributed by atoms with Gasteiger partial charge in [-0.25, -0.2) is 4.98 Å². The molecule has 5 nitrogen and oxygen atoms in total. The predicted octanol–water partition coefficient (Wildman–Crippen LogP) is 0.846. The third-order valence-corrected chi connectivity index (χ3v) is 3.68. The van der Waals surface area contributed by atoms with E-state index in [1.165, 1.54) is 0 Å². The lowest BCUT2D eigenvalue weighted by Gasteiger charge is -2.29. The molecule has 1 fully saturated rings. The summed E-state index contributed by atoms with van der Waals surface area (Å²) in [5.74, 6) is 0. The van der Waals surface area contributed by atoms with Crippen LogP contribution in [0.4, 0.5) is 0 Å². The zero-order valence-electron chi connectivity index (χ0n) is 10.8. The van der Waals surface area contributed by atoms with Gasteiger partial charge < -0.3 is 10.7 Å². The Hall–Kier alpha value is -1.72. The van der Waals surface area contributed by atoms with Crippen LogP contribution in [0.3, 0.4) is 0 Å². The number of benzene rings is 1. The highest BCUT2D eigenvalue weighted by Crippen LogP contribution is 2.11. The smallest absolute Gasteiger partial charge is 0.271 e. The second-order valence-electron chi connectivity index (χ2n) is 5.14. The van der Waals surface area contributed by atoms with E-state index in [-0.39, 0.29) is 5.56 Å². The largest absolute Gasteiger partial charge is 0.328 e. The number of H-pyrrole nitrogens is 1. The average Bonchev–Trinajstić information content (AvgIpc) is 2.42. The minimum Gasteiger partial charge on any atom is -0.328 e. The molecule has 0 aliphatic carbocycles. The number of nitrogens with one attached hydrogen (secondary N) is 1. The highest BCUT2D eigenvalue weighted by atomic mass is 16.1. The Kier molecular flexibility index (Phi) is 3.31. The number of aromatic nitrogens is 2. The van der Waals surface area contributed by atoms with E-state index in [2.05, 4.69) is 14.9 Å². The lowest BCUT2D eigenvalue weighted by molar-refractivity contribution is 0.203. The molecule has 1 saturated heterocycles. The minimum atomic E-state index is -0.0893. The molecule has 0 atom stereocenters. The fourth-order valence-electron chi connectivity index (χ4n) is 2.50. The quantitative estimate of drug-likeness (QED) is 0.837. The van der Waals surface area contributed by atoms with Crippen LogP contribution in [0.1, 0.15) is 18.5 Å². The fraction of sp³-hybridized carbons (Fsp3) is 0.429. The molecule has 1 aromatic carbocycles. The van der Waals surface area contributed by atoms with E-state index in [0.29, 0.717) is 18.3 Å². The molecular formula is C14H18N4O. The Morgan fingerprint density at radius 1 is 1.32 bits per heavy atom. The van der Waals surface area contributed by atoms with Gasteiger partial charge in [0.2, 0.25) is 0 Å². The maximum absolute atomic E-state index is 12.0. The number of hydrogen-bond donors (Lipinski definition) is 2. The molecule has 0 saturated carbocycles. The molecule has 3 N–H and O–H groups in total. The first-order valence-electron chi connectivity index (χ1n) is 6.68. The molecule has 100 valence electrons. The highest BCUT2D eigenvalue weighted by Gasteiger charge is 2.17. The molecule has 3 rings (SSSR count). The lowest BCUT2D eigenvalue weighted by Crippen LogP contribution is -2.40. The van der Waals surface area contributed by atoms with Crippen LogP contribution in [0.25, 0.3) is 11.0 Å². The number of likely N-dealkylation sites (tertiary alicyclic amines) is 1. The van der Waals surface area contributed by atoms with Gasteiger partial charge in [-0.05, 0) is 25.0 Å². The maximum Gasteiger partial charge on any atom is 0.271 e. The first-order chi connectivity index (χ1) is 9.22. The van der Waals surface area contributed by atoms with E-state index in [1.54, 1.807) is 0 Å². The molecule has 1 aliphatic rings.